The van der Waals surface area contributed by atoms with Crippen molar-refractivity contribution in [3.05, 3.63) is 74.8 Å². The number of nitro groups is 1. The molecule has 0 heterocycles. The summed E-state index contributed by atoms with van der Waals surface area (Å²) in [7, 11) is 0. The number of nitrogens with one attached hydrogen (secondary N) is 1. The van der Waals surface area contributed by atoms with Crippen molar-refractivity contribution in [2.45, 2.75) is 13.8 Å². The van der Waals surface area contributed by atoms with Gasteiger partial charge in [-0.2, -0.15) is 5.26 Å². The number of aryl methyl sites for hydroxylation is 1. The summed E-state index contributed by atoms with van der Waals surface area (Å²) in [6.07, 6.45) is 1.33. The molecule has 6 heteroatoms. The largest absolute Gasteiger partial charge is 0.321 e. The number of non-ortho nitro benzene ring substituents is 1. The van der Waals surface area contributed by atoms with Crippen molar-refractivity contribution >= 4 is 23.4 Å². The van der Waals surface area contributed by atoms with E-state index in [-0.39, 0.29) is 11.3 Å². The van der Waals surface area contributed by atoms with Crippen molar-refractivity contribution in [2.75, 3.05) is 5.32 Å². The van der Waals surface area contributed by atoms with Crippen LogP contribution >= 0.6 is 0 Å². The van der Waals surface area contributed by atoms with E-state index in [2.05, 4.69) is 5.32 Å². The third kappa shape index (κ3) is 3.84. The number of anilines is 1. The number of hydrogen-bond acceptors (Lipinski definition) is 4. The summed E-state index contributed by atoms with van der Waals surface area (Å²) < 4.78 is 0. The van der Waals surface area contributed by atoms with Gasteiger partial charge in [0.2, 0.25) is 0 Å². The molecule has 0 saturated carbocycles. The maximum Gasteiger partial charge on any atom is 0.270 e. The molecule has 0 radical (unpaired) electrons. The summed E-state index contributed by atoms with van der Waals surface area (Å²) in [5, 5.41) is 22.7. The average molecular weight is 321 g/mol. The van der Waals surface area contributed by atoms with Gasteiger partial charge in [0.25, 0.3) is 11.6 Å². The van der Waals surface area contributed by atoms with Gasteiger partial charge in [0.1, 0.15) is 11.6 Å². The fraction of sp³-hybridized carbons (Fsp3) is 0.111. The first-order valence-corrected chi connectivity index (χ1v) is 7.16. The Bertz CT molecular complexity index is 879. The van der Waals surface area contributed by atoms with Crippen molar-refractivity contribution in [1.29, 1.82) is 5.26 Å². The molecule has 0 aliphatic rings. The molecular weight excluding hydrogens is 306 g/mol. The highest BCUT2D eigenvalue weighted by Gasteiger charge is 2.12. The van der Waals surface area contributed by atoms with Crippen molar-refractivity contribution in [3.63, 3.8) is 0 Å². The Morgan fingerprint density at radius 3 is 2.62 bits per heavy atom. The maximum absolute atomic E-state index is 12.3. The number of carbonyl (C=O) groups excluding carboxylic acids is 1. The number of nitro benzene ring substituents is 1. The van der Waals surface area contributed by atoms with Gasteiger partial charge in [-0.25, -0.2) is 0 Å². The second-order valence-electron chi connectivity index (χ2n) is 5.22. The zero-order chi connectivity index (χ0) is 17.7. The molecule has 2 rings (SSSR count). The number of nitriles is 1. The highest BCUT2D eigenvalue weighted by molar-refractivity contribution is 6.10. The molecule has 2 aromatic rings. The number of benzene rings is 2. The molecule has 0 aliphatic heterocycles. The van der Waals surface area contributed by atoms with Crippen molar-refractivity contribution in [2.24, 2.45) is 0 Å². The summed E-state index contributed by atoms with van der Waals surface area (Å²) in [5.74, 6) is -0.558. The van der Waals surface area contributed by atoms with Crippen LogP contribution < -0.4 is 5.32 Å². The first kappa shape index (κ1) is 16.9. The van der Waals surface area contributed by atoms with E-state index in [1.54, 1.807) is 12.1 Å². The van der Waals surface area contributed by atoms with E-state index in [1.807, 2.05) is 32.0 Å². The Balaban J connectivity index is 2.29. The van der Waals surface area contributed by atoms with E-state index in [9.17, 15) is 20.2 Å². The van der Waals surface area contributed by atoms with Gasteiger partial charge in [-0.05, 0) is 42.7 Å². The highest BCUT2D eigenvalue weighted by Crippen LogP contribution is 2.20. The monoisotopic (exact) mass is 321 g/mol. The Morgan fingerprint density at radius 1 is 1.25 bits per heavy atom. The van der Waals surface area contributed by atoms with Crippen LogP contribution in [0.4, 0.5) is 11.4 Å². The highest BCUT2D eigenvalue weighted by atomic mass is 16.6. The summed E-state index contributed by atoms with van der Waals surface area (Å²) in [4.78, 5) is 22.6. The lowest BCUT2D eigenvalue weighted by Gasteiger charge is -2.09. The molecular formula is C18H15N3O3. The van der Waals surface area contributed by atoms with Gasteiger partial charge in [-0.1, -0.05) is 24.3 Å². The minimum absolute atomic E-state index is 0.101. The van der Waals surface area contributed by atoms with Crippen molar-refractivity contribution in [3.8, 4) is 6.07 Å². The fourth-order valence-corrected chi connectivity index (χ4v) is 2.12. The van der Waals surface area contributed by atoms with Crippen molar-refractivity contribution in [1.82, 2.24) is 0 Å². The molecule has 0 fully saturated rings. The first-order valence-electron chi connectivity index (χ1n) is 7.16. The zero-order valence-electron chi connectivity index (χ0n) is 13.2. The summed E-state index contributed by atoms with van der Waals surface area (Å²) in [6.45, 7) is 3.80. The predicted molar refractivity (Wildman–Crippen MR) is 91.2 cm³/mol. The molecule has 1 N–H and O–H groups in total. The lowest BCUT2D eigenvalue weighted by molar-refractivity contribution is -0.384. The number of hydrogen-bond donors (Lipinski definition) is 1. The molecule has 2 aromatic carbocycles. The summed E-state index contributed by atoms with van der Waals surface area (Å²) in [6, 6.07) is 13.1. The van der Waals surface area contributed by atoms with Gasteiger partial charge in [0.15, 0.2) is 0 Å². The van der Waals surface area contributed by atoms with Gasteiger partial charge in [-0.15, -0.1) is 0 Å². The summed E-state index contributed by atoms with van der Waals surface area (Å²) >= 11 is 0. The lowest BCUT2D eigenvalue weighted by atomic mass is 10.1. The van der Waals surface area contributed by atoms with Crippen LogP contribution in [0.15, 0.2) is 48.0 Å². The molecule has 0 unspecified atom stereocenters. The van der Waals surface area contributed by atoms with E-state index in [1.165, 1.54) is 24.3 Å². The van der Waals surface area contributed by atoms with Gasteiger partial charge in [0, 0.05) is 17.8 Å². The van der Waals surface area contributed by atoms with Gasteiger partial charge < -0.3 is 5.32 Å². The third-order valence-electron chi connectivity index (χ3n) is 3.61. The molecule has 120 valence electrons. The Hall–Kier alpha value is -3.46. The minimum atomic E-state index is -0.558. The SMILES string of the molecule is Cc1cccc(NC(=O)/C(C#N)=C/c2cccc([N+](=O)[O-])c2)c1C. The van der Waals surface area contributed by atoms with Crippen LogP contribution in [0.5, 0.6) is 0 Å². The smallest absolute Gasteiger partial charge is 0.270 e. The van der Waals surface area contributed by atoms with Crippen LogP contribution in [0, 0.1) is 35.3 Å². The zero-order valence-corrected chi connectivity index (χ0v) is 13.2. The molecule has 1 amide bonds. The number of nitrogens with zero attached hydrogens (tertiary/aromatic N) is 2. The molecule has 24 heavy (non-hydrogen) atoms. The first-order chi connectivity index (χ1) is 11.4. The van der Waals surface area contributed by atoms with E-state index in [4.69, 9.17) is 0 Å². The quantitative estimate of drug-likeness (QED) is 0.401. The van der Waals surface area contributed by atoms with Crippen molar-refractivity contribution < 1.29 is 9.72 Å². The van der Waals surface area contributed by atoms with E-state index in [0.29, 0.717) is 11.3 Å². The molecule has 0 bridgehead atoms. The number of carbonyl (C=O) groups is 1. The van der Waals surface area contributed by atoms with Crippen LogP contribution in [0.2, 0.25) is 0 Å². The topological polar surface area (TPSA) is 96.0 Å². The molecule has 0 spiro atoms. The maximum atomic E-state index is 12.3. The Kier molecular flexibility index (Phi) is 5.07. The van der Waals surface area contributed by atoms with E-state index >= 15 is 0 Å². The summed E-state index contributed by atoms with van der Waals surface area (Å²) in [5.41, 5.74) is 2.75. The Labute approximate surface area is 139 Å². The second-order valence-corrected chi connectivity index (χ2v) is 5.22. The molecule has 6 nitrogen and oxygen atoms in total. The van der Waals surface area contributed by atoms with E-state index in [0.717, 1.165) is 11.1 Å². The number of amides is 1. The number of rotatable bonds is 4. The van der Waals surface area contributed by atoms with Gasteiger partial charge in [-0.3, -0.25) is 14.9 Å². The van der Waals surface area contributed by atoms with Crippen LogP contribution in [0.25, 0.3) is 6.08 Å². The minimum Gasteiger partial charge on any atom is -0.321 e. The van der Waals surface area contributed by atoms with Crippen LogP contribution in [-0.4, -0.2) is 10.8 Å². The average Bonchev–Trinajstić information content (AvgIpc) is 2.57. The third-order valence-corrected chi connectivity index (χ3v) is 3.61. The lowest BCUT2D eigenvalue weighted by Crippen LogP contribution is -2.14. The molecule has 0 aromatic heterocycles. The van der Waals surface area contributed by atoms with Gasteiger partial charge >= 0.3 is 0 Å². The fourth-order valence-electron chi connectivity index (χ4n) is 2.12. The molecule has 0 atom stereocenters. The molecule has 0 saturated heterocycles. The second kappa shape index (κ2) is 7.20. The normalized spacial score (nSPS) is 10.8. The molecule has 0 aliphatic carbocycles. The standard InChI is InChI=1S/C18H15N3O3/c1-12-5-3-8-17(13(12)2)20-18(22)15(11-19)9-14-6-4-7-16(10-14)21(23)24/h3-10H,1-2H3,(H,20,22)/b15-9+. The van der Waals surface area contributed by atoms with E-state index < -0.39 is 10.8 Å². The van der Waals surface area contributed by atoms with Crippen LogP contribution in [-0.2, 0) is 4.79 Å². The van der Waals surface area contributed by atoms with Crippen LogP contribution in [0.1, 0.15) is 16.7 Å². The van der Waals surface area contributed by atoms with Crippen LogP contribution in [0.3, 0.4) is 0 Å². The Morgan fingerprint density at radius 2 is 1.96 bits per heavy atom. The van der Waals surface area contributed by atoms with Gasteiger partial charge in [0.05, 0.1) is 4.92 Å². The predicted octanol–water partition coefficient (Wildman–Crippen LogP) is 3.76.